The van der Waals surface area contributed by atoms with E-state index in [0.717, 1.165) is 66.3 Å². The van der Waals surface area contributed by atoms with Crippen molar-refractivity contribution >= 4 is 43.9 Å². The van der Waals surface area contributed by atoms with Gasteiger partial charge in [0, 0.05) is 33.2 Å². The van der Waals surface area contributed by atoms with Crippen molar-refractivity contribution in [2.24, 2.45) is 0 Å². The van der Waals surface area contributed by atoms with E-state index in [2.05, 4.69) is 59.2 Å². The topological polar surface area (TPSA) is 69.6 Å². The van der Waals surface area contributed by atoms with Gasteiger partial charge in [-0.15, -0.1) is 0 Å². The van der Waals surface area contributed by atoms with Gasteiger partial charge in [-0.05, 0) is 24.3 Å². The number of benzene rings is 5. The number of aromatic nitrogens is 5. The van der Waals surface area contributed by atoms with Crippen molar-refractivity contribution in [1.82, 2.24) is 24.5 Å². The summed E-state index contributed by atoms with van der Waals surface area (Å²) in [7, 11) is 0. The molecule has 44 heavy (non-hydrogen) atoms. The first-order chi connectivity index (χ1) is 21.8. The predicted octanol–water partition coefficient (Wildman–Crippen LogP) is 9.26. The molecule has 0 aliphatic rings. The summed E-state index contributed by atoms with van der Waals surface area (Å²) in [5.41, 5.74) is 8.36. The SMILES string of the molecule is c1ccc(-c2nc(-c3ccccc3)nc(-c3cccc(-n4c5ccccc5c5ncc6oc7ccccc7c6c54)c3)n2)cc1. The molecule has 0 aliphatic heterocycles. The molecule has 6 heteroatoms. The molecular formula is C38H23N5O. The van der Waals surface area contributed by atoms with Gasteiger partial charge in [0.05, 0.1) is 28.1 Å². The minimum atomic E-state index is 0.609. The molecule has 4 aromatic heterocycles. The number of para-hydroxylation sites is 2. The molecule has 0 bridgehead atoms. The van der Waals surface area contributed by atoms with Gasteiger partial charge in [-0.1, -0.05) is 109 Å². The van der Waals surface area contributed by atoms with E-state index in [4.69, 9.17) is 24.4 Å². The Morgan fingerprint density at radius 3 is 1.82 bits per heavy atom. The van der Waals surface area contributed by atoms with Crippen LogP contribution in [-0.2, 0) is 0 Å². The maximum atomic E-state index is 6.25. The van der Waals surface area contributed by atoms with Crippen LogP contribution in [0.15, 0.2) is 144 Å². The van der Waals surface area contributed by atoms with Gasteiger partial charge in [0.2, 0.25) is 0 Å². The van der Waals surface area contributed by atoms with Crippen LogP contribution in [-0.4, -0.2) is 24.5 Å². The van der Waals surface area contributed by atoms with Gasteiger partial charge < -0.3 is 8.98 Å². The Bertz CT molecular complexity index is 2440. The highest BCUT2D eigenvalue weighted by Gasteiger charge is 2.20. The van der Waals surface area contributed by atoms with Gasteiger partial charge in [-0.25, -0.2) is 15.0 Å². The van der Waals surface area contributed by atoms with E-state index in [1.54, 1.807) is 0 Å². The monoisotopic (exact) mass is 565 g/mol. The summed E-state index contributed by atoms with van der Waals surface area (Å²) in [6, 6.07) is 45.0. The summed E-state index contributed by atoms with van der Waals surface area (Å²) in [6.07, 6.45) is 1.84. The normalized spacial score (nSPS) is 11.6. The predicted molar refractivity (Wildman–Crippen MR) is 176 cm³/mol. The summed E-state index contributed by atoms with van der Waals surface area (Å²) in [5, 5.41) is 3.19. The molecule has 0 radical (unpaired) electrons. The lowest BCUT2D eigenvalue weighted by atomic mass is 10.1. The van der Waals surface area contributed by atoms with Gasteiger partial charge in [0.1, 0.15) is 5.58 Å². The van der Waals surface area contributed by atoms with E-state index in [0.29, 0.717) is 17.5 Å². The van der Waals surface area contributed by atoms with Crippen LogP contribution in [0.4, 0.5) is 0 Å². The third-order valence-electron chi connectivity index (χ3n) is 8.08. The summed E-state index contributed by atoms with van der Waals surface area (Å²) in [6.45, 7) is 0. The molecule has 0 amide bonds. The first-order valence-electron chi connectivity index (χ1n) is 14.5. The first kappa shape index (κ1) is 24.5. The number of furan rings is 1. The number of rotatable bonds is 4. The summed E-state index contributed by atoms with van der Waals surface area (Å²) < 4.78 is 8.53. The first-order valence-corrected chi connectivity index (χ1v) is 14.5. The Kier molecular flexibility index (Phi) is 5.40. The highest BCUT2D eigenvalue weighted by molar-refractivity contribution is 6.22. The minimum Gasteiger partial charge on any atom is -0.454 e. The number of hydrogen-bond acceptors (Lipinski definition) is 5. The molecule has 0 fully saturated rings. The van der Waals surface area contributed by atoms with E-state index in [-0.39, 0.29) is 0 Å². The summed E-state index contributed by atoms with van der Waals surface area (Å²) in [4.78, 5) is 19.7. The quantitative estimate of drug-likeness (QED) is 0.213. The molecule has 0 spiro atoms. The zero-order chi connectivity index (χ0) is 29.0. The van der Waals surface area contributed by atoms with E-state index < -0.39 is 0 Å². The van der Waals surface area contributed by atoms with Gasteiger partial charge in [-0.3, -0.25) is 4.98 Å². The average Bonchev–Trinajstić information content (AvgIpc) is 3.65. The third-order valence-corrected chi connectivity index (χ3v) is 8.08. The smallest absolute Gasteiger partial charge is 0.164 e. The van der Waals surface area contributed by atoms with Crippen molar-refractivity contribution in [3.8, 4) is 39.9 Å². The van der Waals surface area contributed by atoms with Crippen molar-refractivity contribution in [2.75, 3.05) is 0 Å². The molecule has 6 nitrogen and oxygen atoms in total. The average molecular weight is 566 g/mol. The van der Waals surface area contributed by atoms with E-state index in [1.807, 2.05) is 85.1 Å². The number of hydrogen-bond donors (Lipinski definition) is 0. The molecule has 0 saturated carbocycles. The van der Waals surface area contributed by atoms with Crippen molar-refractivity contribution in [1.29, 1.82) is 0 Å². The van der Waals surface area contributed by atoms with Crippen LogP contribution >= 0.6 is 0 Å². The molecular weight excluding hydrogens is 542 g/mol. The van der Waals surface area contributed by atoms with E-state index >= 15 is 0 Å². The maximum absolute atomic E-state index is 6.25. The molecule has 0 saturated heterocycles. The molecule has 4 heterocycles. The fraction of sp³-hybridized carbons (Fsp3) is 0. The summed E-state index contributed by atoms with van der Waals surface area (Å²) in [5.74, 6) is 1.87. The number of pyridine rings is 1. The molecule has 206 valence electrons. The molecule has 9 rings (SSSR count). The lowest BCUT2D eigenvalue weighted by molar-refractivity contribution is 0.667. The zero-order valence-electron chi connectivity index (χ0n) is 23.4. The Labute approximate surface area is 251 Å². The Morgan fingerprint density at radius 2 is 1.09 bits per heavy atom. The van der Waals surface area contributed by atoms with Crippen LogP contribution in [0.2, 0.25) is 0 Å². The molecule has 0 atom stereocenters. The second-order valence-corrected chi connectivity index (χ2v) is 10.7. The van der Waals surface area contributed by atoms with Crippen molar-refractivity contribution in [3.05, 3.63) is 140 Å². The van der Waals surface area contributed by atoms with Crippen molar-refractivity contribution in [2.45, 2.75) is 0 Å². The van der Waals surface area contributed by atoms with Crippen LogP contribution < -0.4 is 0 Å². The van der Waals surface area contributed by atoms with E-state index in [1.165, 1.54) is 0 Å². The number of nitrogens with zero attached hydrogens (tertiary/aromatic N) is 5. The second kappa shape index (κ2) is 9.71. The zero-order valence-corrected chi connectivity index (χ0v) is 23.4. The van der Waals surface area contributed by atoms with E-state index in [9.17, 15) is 0 Å². The van der Waals surface area contributed by atoms with Crippen molar-refractivity contribution in [3.63, 3.8) is 0 Å². The Morgan fingerprint density at radius 1 is 0.500 bits per heavy atom. The van der Waals surface area contributed by atoms with Crippen LogP contribution in [0, 0.1) is 0 Å². The molecule has 0 aliphatic carbocycles. The van der Waals surface area contributed by atoms with Gasteiger partial charge in [0.15, 0.2) is 23.1 Å². The molecule has 0 N–H and O–H groups in total. The standard InChI is InChI=1S/C38H23N5O/c1-3-12-24(13-4-1)36-40-37(25-14-5-2-6-15-25)42-38(41-36)26-16-11-17-27(22-26)43-30-20-9-7-18-28(30)34-35(43)33-29-19-8-10-21-31(29)44-32(33)23-39-34/h1-23H. The Hall–Kier alpha value is -6.14. The van der Waals surface area contributed by atoms with Crippen LogP contribution in [0.25, 0.3) is 83.7 Å². The minimum absolute atomic E-state index is 0.609. The van der Waals surface area contributed by atoms with Gasteiger partial charge in [-0.2, -0.15) is 0 Å². The van der Waals surface area contributed by atoms with Crippen LogP contribution in [0.3, 0.4) is 0 Å². The molecule has 9 aromatic rings. The highest BCUT2D eigenvalue weighted by Crippen LogP contribution is 2.40. The third kappa shape index (κ3) is 3.82. The highest BCUT2D eigenvalue weighted by atomic mass is 16.3. The van der Waals surface area contributed by atoms with Gasteiger partial charge >= 0.3 is 0 Å². The second-order valence-electron chi connectivity index (χ2n) is 10.7. The van der Waals surface area contributed by atoms with Crippen LogP contribution in [0.1, 0.15) is 0 Å². The fourth-order valence-electron chi connectivity index (χ4n) is 6.10. The lowest BCUT2D eigenvalue weighted by Crippen LogP contribution is -2.01. The number of fused-ring (bicyclic) bond motifs is 7. The fourth-order valence-corrected chi connectivity index (χ4v) is 6.10. The lowest BCUT2D eigenvalue weighted by Gasteiger charge is -2.12. The van der Waals surface area contributed by atoms with Gasteiger partial charge in [0.25, 0.3) is 0 Å². The molecule has 5 aromatic carbocycles. The largest absolute Gasteiger partial charge is 0.454 e. The van der Waals surface area contributed by atoms with Crippen molar-refractivity contribution < 1.29 is 4.42 Å². The summed E-state index contributed by atoms with van der Waals surface area (Å²) >= 11 is 0. The maximum Gasteiger partial charge on any atom is 0.164 e. The Balaban J connectivity index is 1.31. The van der Waals surface area contributed by atoms with Crippen LogP contribution in [0.5, 0.6) is 0 Å². The molecule has 0 unspecified atom stereocenters.